The Morgan fingerprint density at radius 3 is 2.73 bits per heavy atom. The minimum Gasteiger partial charge on any atom is -0.341 e. The van der Waals surface area contributed by atoms with Gasteiger partial charge >= 0.3 is 0 Å². The largest absolute Gasteiger partial charge is 0.341 e. The first-order valence-electron chi connectivity index (χ1n) is 5.03. The van der Waals surface area contributed by atoms with Crippen molar-refractivity contribution < 1.29 is 4.79 Å². The maximum Gasteiger partial charge on any atom is 0.263 e. The molecule has 1 amide bonds. The van der Waals surface area contributed by atoms with Gasteiger partial charge in [-0.25, -0.2) is 0 Å². The first kappa shape index (κ1) is 12.6. The minimum absolute atomic E-state index is 0.0981. The number of rotatable bonds is 4. The molecular formula is C11H17NOS2. The van der Waals surface area contributed by atoms with Gasteiger partial charge in [0.2, 0.25) is 0 Å². The van der Waals surface area contributed by atoms with E-state index in [0.29, 0.717) is 5.92 Å². The van der Waals surface area contributed by atoms with E-state index in [9.17, 15) is 4.79 Å². The first-order valence-corrected chi connectivity index (χ1v) is 6.36. The van der Waals surface area contributed by atoms with Crippen molar-refractivity contribution in [3.05, 3.63) is 16.3 Å². The summed E-state index contributed by atoms with van der Waals surface area (Å²) in [5.41, 5.74) is 0. The number of amides is 1. The minimum atomic E-state index is 0.0981. The van der Waals surface area contributed by atoms with Crippen LogP contribution in [0.15, 0.2) is 16.3 Å². The molecular weight excluding hydrogens is 226 g/mol. The van der Waals surface area contributed by atoms with Crippen molar-refractivity contribution in [1.29, 1.82) is 0 Å². The van der Waals surface area contributed by atoms with Gasteiger partial charge in [-0.2, -0.15) is 0 Å². The van der Waals surface area contributed by atoms with Crippen molar-refractivity contribution in [2.45, 2.75) is 25.2 Å². The van der Waals surface area contributed by atoms with Crippen LogP contribution in [0.3, 0.4) is 0 Å². The van der Waals surface area contributed by atoms with Crippen molar-refractivity contribution in [3.63, 3.8) is 0 Å². The lowest BCUT2D eigenvalue weighted by Gasteiger charge is -2.17. The molecule has 0 saturated heterocycles. The number of thiophene rings is 1. The van der Waals surface area contributed by atoms with Crippen molar-refractivity contribution in [3.8, 4) is 0 Å². The quantitative estimate of drug-likeness (QED) is 0.805. The average Bonchev–Trinajstić information content (AvgIpc) is 2.60. The van der Waals surface area contributed by atoms with Gasteiger partial charge < -0.3 is 4.90 Å². The van der Waals surface area contributed by atoms with Gasteiger partial charge in [0.1, 0.15) is 0 Å². The summed E-state index contributed by atoms with van der Waals surface area (Å²) < 4.78 is 0. The molecule has 0 aliphatic heterocycles. The summed E-state index contributed by atoms with van der Waals surface area (Å²) in [5.74, 6) is 0.727. The molecule has 0 fully saturated rings. The summed E-state index contributed by atoms with van der Waals surface area (Å²) >= 11 is 5.65. The molecule has 1 rings (SSSR count). The van der Waals surface area contributed by atoms with E-state index < -0.39 is 0 Å². The first-order chi connectivity index (χ1) is 7.00. The Bertz CT molecular complexity index is 333. The highest BCUT2D eigenvalue weighted by atomic mass is 32.1. The maximum atomic E-state index is 11.9. The second-order valence-corrected chi connectivity index (χ2v) is 5.51. The highest BCUT2D eigenvalue weighted by molar-refractivity contribution is 7.80. The molecule has 0 N–H and O–H groups in total. The molecule has 0 unspecified atom stereocenters. The fourth-order valence-electron chi connectivity index (χ4n) is 1.18. The third kappa shape index (κ3) is 3.87. The van der Waals surface area contributed by atoms with E-state index in [1.807, 2.05) is 18.5 Å². The molecule has 0 aliphatic rings. The van der Waals surface area contributed by atoms with Gasteiger partial charge in [-0.1, -0.05) is 13.8 Å². The summed E-state index contributed by atoms with van der Waals surface area (Å²) in [7, 11) is 1.85. The summed E-state index contributed by atoms with van der Waals surface area (Å²) in [6.07, 6.45) is 1.04. The summed E-state index contributed by atoms with van der Waals surface area (Å²) in [6, 6.07) is 1.82. The van der Waals surface area contributed by atoms with Crippen molar-refractivity contribution in [1.82, 2.24) is 4.90 Å². The Balaban J connectivity index is 2.53. The molecule has 0 aromatic carbocycles. The summed E-state index contributed by atoms with van der Waals surface area (Å²) in [6.45, 7) is 5.14. The highest BCUT2D eigenvalue weighted by Gasteiger charge is 2.13. The van der Waals surface area contributed by atoms with Gasteiger partial charge in [0, 0.05) is 23.9 Å². The molecule has 2 nitrogen and oxygen atoms in total. The van der Waals surface area contributed by atoms with Crippen molar-refractivity contribution in [2.75, 3.05) is 13.6 Å². The second kappa shape index (κ2) is 5.56. The van der Waals surface area contributed by atoms with Crippen LogP contribution in [0.4, 0.5) is 0 Å². The van der Waals surface area contributed by atoms with Crippen molar-refractivity contribution >= 4 is 29.9 Å². The third-order valence-electron chi connectivity index (χ3n) is 2.18. The van der Waals surface area contributed by atoms with Crippen LogP contribution in [0.5, 0.6) is 0 Å². The standard InChI is InChI=1S/C11H17NOS2/c1-8(2)4-5-12(3)11(13)10-6-9(14)7-15-10/h6-8,14H,4-5H2,1-3H3. The van der Waals surface area contributed by atoms with Crippen LogP contribution in [-0.2, 0) is 0 Å². The van der Waals surface area contributed by atoms with Crippen LogP contribution in [0.2, 0.25) is 0 Å². The number of hydrogen-bond acceptors (Lipinski definition) is 3. The highest BCUT2D eigenvalue weighted by Crippen LogP contribution is 2.19. The molecule has 0 radical (unpaired) electrons. The van der Waals surface area contributed by atoms with E-state index in [1.54, 1.807) is 4.90 Å². The molecule has 1 aromatic heterocycles. The van der Waals surface area contributed by atoms with E-state index in [0.717, 1.165) is 22.7 Å². The molecule has 1 heterocycles. The van der Waals surface area contributed by atoms with Crippen LogP contribution >= 0.6 is 24.0 Å². The Hall–Kier alpha value is -0.480. The molecule has 15 heavy (non-hydrogen) atoms. The zero-order chi connectivity index (χ0) is 11.4. The molecule has 0 aliphatic carbocycles. The normalized spacial score (nSPS) is 10.7. The van der Waals surface area contributed by atoms with E-state index in [4.69, 9.17) is 0 Å². The van der Waals surface area contributed by atoms with E-state index >= 15 is 0 Å². The fourth-order valence-corrected chi connectivity index (χ4v) is 2.32. The monoisotopic (exact) mass is 243 g/mol. The number of thiol groups is 1. The van der Waals surface area contributed by atoms with Gasteiger partial charge in [-0.15, -0.1) is 24.0 Å². The Morgan fingerprint density at radius 2 is 2.27 bits per heavy atom. The number of hydrogen-bond donors (Lipinski definition) is 1. The Morgan fingerprint density at radius 1 is 1.60 bits per heavy atom. The second-order valence-electron chi connectivity index (χ2n) is 4.08. The lowest BCUT2D eigenvalue weighted by atomic mass is 10.1. The molecule has 1 aromatic rings. The number of carbonyl (C=O) groups excluding carboxylic acids is 1. The van der Waals surface area contributed by atoms with Gasteiger partial charge in [-0.05, 0) is 18.4 Å². The number of nitrogens with zero attached hydrogens (tertiary/aromatic N) is 1. The Kier molecular flexibility index (Phi) is 4.67. The molecule has 0 spiro atoms. The Labute approximate surface area is 101 Å². The molecule has 4 heteroatoms. The lowest BCUT2D eigenvalue weighted by Crippen LogP contribution is -2.27. The van der Waals surface area contributed by atoms with Crippen LogP contribution in [-0.4, -0.2) is 24.4 Å². The van der Waals surface area contributed by atoms with E-state index in [2.05, 4.69) is 26.5 Å². The predicted octanol–water partition coefficient (Wildman–Crippen LogP) is 3.15. The zero-order valence-electron chi connectivity index (χ0n) is 9.36. The van der Waals surface area contributed by atoms with Crippen LogP contribution in [0.25, 0.3) is 0 Å². The smallest absolute Gasteiger partial charge is 0.263 e. The summed E-state index contributed by atoms with van der Waals surface area (Å²) in [4.78, 5) is 15.3. The SMILES string of the molecule is CC(C)CCN(C)C(=O)c1cc(S)cs1. The summed E-state index contributed by atoms with van der Waals surface area (Å²) in [5, 5.41) is 1.88. The van der Waals surface area contributed by atoms with Gasteiger partial charge in [0.15, 0.2) is 0 Å². The molecule has 0 atom stereocenters. The molecule has 0 saturated carbocycles. The topological polar surface area (TPSA) is 20.3 Å². The maximum absolute atomic E-state index is 11.9. The van der Waals surface area contributed by atoms with Gasteiger partial charge in [0.25, 0.3) is 5.91 Å². The zero-order valence-corrected chi connectivity index (χ0v) is 11.1. The van der Waals surface area contributed by atoms with Crippen LogP contribution in [0, 0.1) is 5.92 Å². The third-order valence-corrected chi connectivity index (χ3v) is 3.54. The van der Waals surface area contributed by atoms with Crippen LogP contribution in [0.1, 0.15) is 29.9 Å². The lowest BCUT2D eigenvalue weighted by molar-refractivity contribution is 0.0794. The number of carbonyl (C=O) groups is 1. The van der Waals surface area contributed by atoms with E-state index in [1.165, 1.54) is 11.3 Å². The average molecular weight is 243 g/mol. The molecule has 84 valence electrons. The van der Waals surface area contributed by atoms with Gasteiger partial charge in [-0.3, -0.25) is 4.79 Å². The fraction of sp³-hybridized carbons (Fsp3) is 0.545. The van der Waals surface area contributed by atoms with Crippen LogP contribution < -0.4 is 0 Å². The predicted molar refractivity (Wildman–Crippen MR) is 68.0 cm³/mol. The van der Waals surface area contributed by atoms with E-state index in [-0.39, 0.29) is 5.91 Å². The van der Waals surface area contributed by atoms with Gasteiger partial charge in [0.05, 0.1) is 4.88 Å². The van der Waals surface area contributed by atoms with Crippen molar-refractivity contribution in [2.24, 2.45) is 5.92 Å². The molecule has 0 bridgehead atoms.